The molecule has 3 aliphatic rings. The summed E-state index contributed by atoms with van der Waals surface area (Å²) >= 11 is 0. The Morgan fingerprint density at radius 2 is 2.00 bits per heavy atom. The van der Waals surface area contributed by atoms with E-state index in [1.54, 1.807) is 0 Å². The van der Waals surface area contributed by atoms with Gasteiger partial charge in [0.1, 0.15) is 0 Å². The molecule has 0 bridgehead atoms. The minimum absolute atomic E-state index is 0.121. The number of carbonyl (C=O) groups excluding carboxylic acids is 1. The average molecular weight is 513 g/mol. The fraction of sp³-hybridized carbons (Fsp3) is 0.342. The zero-order valence-corrected chi connectivity index (χ0v) is 23.7. The summed E-state index contributed by atoms with van der Waals surface area (Å²) in [7, 11) is 0. The first-order valence-corrected chi connectivity index (χ1v) is 14.5. The minimum Gasteiger partial charge on any atom is -0.294 e. The molecule has 198 valence electrons. The molecule has 0 heterocycles. The van der Waals surface area contributed by atoms with Crippen LogP contribution in [0.25, 0.3) is 6.08 Å². The number of hydrogen-bond donors (Lipinski definition) is 0. The van der Waals surface area contributed by atoms with E-state index in [-0.39, 0.29) is 11.7 Å². The van der Waals surface area contributed by atoms with Crippen molar-refractivity contribution in [2.24, 2.45) is 17.3 Å². The normalized spacial score (nSPS) is 23.4. The van der Waals surface area contributed by atoms with Crippen molar-refractivity contribution in [1.82, 2.24) is 0 Å². The first kappa shape index (κ1) is 27.0. The Bertz CT molecular complexity index is 1460. The summed E-state index contributed by atoms with van der Waals surface area (Å²) in [6, 6.07) is 12.5. The van der Waals surface area contributed by atoms with E-state index in [2.05, 4.69) is 93.8 Å². The maximum Gasteiger partial charge on any atom is 0.167 e. The van der Waals surface area contributed by atoms with Gasteiger partial charge >= 0.3 is 0 Å². The Balaban J connectivity index is 1.29. The molecule has 39 heavy (non-hydrogen) atoms. The average Bonchev–Trinajstić information content (AvgIpc) is 3.36. The molecular formula is C38H40O. The number of aryl methyl sites for hydroxylation is 1. The number of hydrogen-bond acceptors (Lipinski definition) is 1. The second-order valence-corrected chi connectivity index (χ2v) is 12.0. The van der Waals surface area contributed by atoms with Gasteiger partial charge in [-0.05, 0) is 77.5 Å². The number of ketones is 1. The molecule has 0 radical (unpaired) electrons. The third-order valence-corrected chi connectivity index (χ3v) is 8.92. The SMILES string of the molecule is C=Cc1cc(CC(=O)c2ccc(C)c(C#CC3=CC=C4C=CC=CC34)c2)ccc1CC1(C)CCC[C@@H](CC)C1. The van der Waals surface area contributed by atoms with Crippen molar-refractivity contribution >= 4 is 11.9 Å². The first-order valence-electron chi connectivity index (χ1n) is 14.5. The van der Waals surface area contributed by atoms with Crippen LogP contribution in [-0.2, 0) is 12.8 Å². The van der Waals surface area contributed by atoms with Crippen LogP contribution in [-0.4, -0.2) is 5.78 Å². The number of allylic oxidation sites excluding steroid dienone is 8. The van der Waals surface area contributed by atoms with E-state index in [1.165, 1.54) is 48.8 Å². The first-order chi connectivity index (χ1) is 18.9. The second kappa shape index (κ2) is 11.6. The summed E-state index contributed by atoms with van der Waals surface area (Å²) < 4.78 is 0. The molecule has 5 rings (SSSR count). The van der Waals surface area contributed by atoms with Crippen LogP contribution in [0.3, 0.4) is 0 Å². The summed E-state index contributed by atoms with van der Waals surface area (Å²) in [5.74, 6) is 7.94. The number of carbonyl (C=O) groups is 1. The highest BCUT2D eigenvalue weighted by molar-refractivity contribution is 5.98. The highest BCUT2D eigenvalue weighted by atomic mass is 16.1. The minimum atomic E-state index is 0.121. The number of fused-ring (bicyclic) bond motifs is 1. The van der Waals surface area contributed by atoms with Crippen LogP contribution >= 0.6 is 0 Å². The third-order valence-electron chi connectivity index (χ3n) is 8.92. The maximum atomic E-state index is 13.3. The van der Waals surface area contributed by atoms with Gasteiger partial charge in [-0.3, -0.25) is 4.79 Å². The summed E-state index contributed by atoms with van der Waals surface area (Å²) in [5.41, 5.74) is 9.02. The Kier molecular flexibility index (Phi) is 8.04. The van der Waals surface area contributed by atoms with Crippen LogP contribution in [0, 0.1) is 36.0 Å². The topological polar surface area (TPSA) is 17.1 Å². The van der Waals surface area contributed by atoms with Gasteiger partial charge in [0, 0.05) is 29.0 Å². The molecule has 2 aromatic carbocycles. The molecule has 1 saturated carbocycles. The summed E-state index contributed by atoms with van der Waals surface area (Å²) in [4.78, 5) is 13.3. The third kappa shape index (κ3) is 6.17. The van der Waals surface area contributed by atoms with E-state index >= 15 is 0 Å². The van der Waals surface area contributed by atoms with Gasteiger partial charge < -0.3 is 0 Å². The summed E-state index contributed by atoms with van der Waals surface area (Å²) in [6.45, 7) is 10.9. The van der Waals surface area contributed by atoms with Gasteiger partial charge in [0.2, 0.25) is 0 Å². The van der Waals surface area contributed by atoms with Crippen molar-refractivity contribution in [2.75, 3.05) is 0 Å². The molecule has 0 aromatic heterocycles. The summed E-state index contributed by atoms with van der Waals surface area (Å²) in [5, 5.41) is 0. The number of rotatable bonds is 7. The van der Waals surface area contributed by atoms with Crippen molar-refractivity contribution in [3.05, 3.63) is 124 Å². The van der Waals surface area contributed by atoms with E-state index in [4.69, 9.17) is 0 Å². The van der Waals surface area contributed by atoms with Gasteiger partial charge in [0.15, 0.2) is 5.78 Å². The molecule has 1 fully saturated rings. The molecule has 0 saturated heterocycles. The van der Waals surface area contributed by atoms with Crippen molar-refractivity contribution in [3.8, 4) is 11.8 Å². The molecule has 2 aromatic rings. The monoisotopic (exact) mass is 512 g/mol. The van der Waals surface area contributed by atoms with Gasteiger partial charge in [-0.15, -0.1) is 0 Å². The van der Waals surface area contributed by atoms with Crippen molar-refractivity contribution in [2.45, 2.75) is 65.7 Å². The Morgan fingerprint density at radius 1 is 1.13 bits per heavy atom. The Hall–Kier alpha value is -3.63. The van der Waals surface area contributed by atoms with Crippen LogP contribution < -0.4 is 0 Å². The zero-order valence-electron chi connectivity index (χ0n) is 23.7. The molecule has 1 heteroatoms. The van der Waals surface area contributed by atoms with Crippen LogP contribution in [0.4, 0.5) is 0 Å². The van der Waals surface area contributed by atoms with Crippen molar-refractivity contribution in [3.63, 3.8) is 0 Å². The van der Waals surface area contributed by atoms with Gasteiger partial charge in [-0.1, -0.05) is 118 Å². The van der Waals surface area contributed by atoms with Crippen LogP contribution in [0.2, 0.25) is 0 Å². The van der Waals surface area contributed by atoms with Crippen LogP contribution in [0.5, 0.6) is 0 Å². The van der Waals surface area contributed by atoms with Crippen molar-refractivity contribution < 1.29 is 4.79 Å². The van der Waals surface area contributed by atoms with Crippen LogP contribution in [0.15, 0.2) is 90.6 Å². The standard InChI is InChI=1S/C38H40O/c1-5-28-10-9-21-38(4,25-28)26-35-16-14-29(22-30(35)6-2)23-37(39)34-15-13-27(3)33(24-34)20-19-32-18-17-31-11-7-8-12-36(31)32/h6-8,11-18,22,24,28,36H,2,5,9-10,21,23,25-26H2,1,3-4H3/t28-,36?,38?/m1/s1. The van der Waals surface area contributed by atoms with Crippen molar-refractivity contribution in [1.29, 1.82) is 0 Å². The van der Waals surface area contributed by atoms with Crippen LogP contribution in [0.1, 0.15) is 84.1 Å². The predicted molar refractivity (Wildman–Crippen MR) is 165 cm³/mol. The van der Waals surface area contributed by atoms with E-state index in [0.29, 0.717) is 17.4 Å². The number of Topliss-reactive ketones (excluding diaryl/α,β-unsaturated/α-hetero) is 1. The van der Waals surface area contributed by atoms with Gasteiger partial charge in [-0.25, -0.2) is 0 Å². The second-order valence-electron chi connectivity index (χ2n) is 12.0. The fourth-order valence-electron chi connectivity index (χ4n) is 6.56. The molecule has 0 spiro atoms. The van der Waals surface area contributed by atoms with E-state index in [1.807, 2.05) is 24.3 Å². The summed E-state index contributed by atoms with van der Waals surface area (Å²) in [6.07, 6.45) is 22.7. The lowest BCUT2D eigenvalue weighted by Crippen LogP contribution is -2.28. The Labute approximate surface area is 235 Å². The van der Waals surface area contributed by atoms with E-state index in [0.717, 1.165) is 34.6 Å². The molecule has 3 atom stereocenters. The molecule has 3 aliphatic carbocycles. The molecule has 1 nitrogen and oxygen atoms in total. The smallest absolute Gasteiger partial charge is 0.167 e. The zero-order chi connectivity index (χ0) is 27.4. The lowest BCUT2D eigenvalue weighted by Gasteiger charge is -2.38. The van der Waals surface area contributed by atoms with Gasteiger partial charge in [0.25, 0.3) is 0 Å². The highest BCUT2D eigenvalue weighted by Gasteiger charge is 2.32. The fourth-order valence-corrected chi connectivity index (χ4v) is 6.56. The van der Waals surface area contributed by atoms with Gasteiger partial charge in [-0.2, -0.15) is 0 Å². The van der Waals surface area contributed by atoms with E-state index < -0.39 is 0 Å². The molecule has 2 unspecified atom stereocenters. The highest BCUT2D eigenvalue weighted by Crippen LogP contribution is 2.43. The molecule has 0 N–H and O–H groups in total. The molecular weight excluding hydrogens is 472 g/mol. The quantitative estimate of drug-likeness (QED) is 0.267. The molecule has 0 aliphatic heterocycles. The predicted octanol–water partition coefficient (Wildman–Crippen LogP) is 9.17. The largest absolute Gasteiger partial charge is 0.294 e. The number of benzene rings is 2. The van der Waals surface area contributed by atoms with Gasteiger partial charge in [0.05, 0.1) is 0 Å². The molecule has 0 amide bonds. The lowest BCUT2D eigenvalue weighted by molar-refractivity contribution is 0.0993. The maximum absolute atomic E-state index is 13.3. The Morgan fingerprint density at radius 3 is 2.82 bits per heavy atom. The van der Waals surface area contributed by atoms with E-state index in [9.17, 15) is 4.79 Å². The lowest BCUT2D eigenvalue weighted by atomic mass is 9.67.